The van der Waals surface area contributed by atoms with Crippen LogP contribution < -0.4 is 15.5 Å². The van der Waals surface area contributed by atoms with Gasteiger partial charge in [0.15, 0.2) is 5.82 Å². The summed E-state index contributed by atoms with van der Waals surface area (Å²) in [4.78, 5) is 4.57. The van der Waals surface area contributed by atoms with E-state index in [0.717, 1.165) is 43.4 Å². The van der Waals surface area contributed by atoms with Crippen LogP contribution in [0.3, 0.4) is 0 Å². The monoisotopic (exact) mass is 255 g/mol. The zero-order chi connectivity index (χ0) is 13.1. The lowest BCUT2D eigenvalue weighted by atomic mass is 10.2. The maximum absolute atomic E-state index is 6.02. The van der Waals surface area contributed by atoms with E-state index in [-0.39, 0.29) is 0 Å². The molecule has 3 rings (SSSR count). The zero-order valence-corrected chi connectivity index (χ0v) is 10.7. The van der Waals surface area contributed by atoms with E-state index in [4.69, 9.17) is 5.73 Å². The molecule has 5 heteroatoms. The van der Waals surface area contributed by atoms with Gasteiger partial charge in [0.2, 0.25) is 0 Å². The minimum absolute atomic E-state index is 0.843. The third-order valence-electron chi connectivity index (χ3n) is 3.44. The molecule has 0 unspecified atom stereocenters. The lowest BCUT2D eigenvalue weighted by Gasteiger charge is -2.36. The molecule has 2 aromatic rings. The molecule has 19 heavy (non-hydrogen) atoms. The van der Waals surface area contributed by atoms with Crippen LogP contribution in [0.2, 0.25) is 0 Å². The van der Waals surface area contributed by atoms with E-state index >= 15 is 0 Å². The minimum atomic E-state index is 0.843. The number of piperazine rings is 1. The van der Waals surface area contributed by atoms with Gasteiger partial charge in [0.1, 0.15) is 0 Å². The van der Waals surface area contributed by atoms with Gasteiger partial charge in [-0.3, -0.25) is 0 Å². The molecule has 0 bridgehead atoms. The van der Waals surface area contributed by atoms with Gasteiger partial charge in [0.25, 0.3) is 0 Å². The standard InChI is InChI=1S/C14H17N5/c15-12-4-1-2-5-13(12)18-8-10-19(11-9-18)14-6-3-7-16-17-14/h1-7H,8-11,15H2. The lowest BCUT2D eigenvalue weighted by Crippen LogP contribution is -2.47. The lowest BCUT2D eigenvalue weighted by molar-refractivity contribution is 0.644. The summed E-state index contributed by atoms with van der Waals surface area (Å²) in [5.74, 6) is 0.947. The van der Waals surface area contributed by atoms with Crippen LogP contribution in [0.4, 0.5) is 17.2 Å². The normalized spacial score (nSPS) is 15.6. The number of benzene rings is 1. The largest absolute Gasteiger partial charge is 0.397 e. The minimum Gasteiger partial charge on any atom is -0.397 e. The van der Waals surface area contributed by atoms with Crippen LogP contribution in [0.1, 0.15) is 0 Å². The highest BCUT2D eigenvalue weighted by atomic mass is 15.3. The second kappa shape index (κ2) is 5.14. The molecule has 1 saturated heterocycles. The van der Waals surface area contributed by atoms with Crippen LogP contribution >= 0.6 is 0 Å². The predicted molar refractivity (Wildman–Crippen MR) is 77.3 cm³/mol. The van der Waals surface area contributed by atoms with Crippen molar-refractivity contribution in [3.63, 3.8) is 0 Å². The van der Waals surface area contributed by atoms with Gasteiger partial charge >= 0.3 is 0 Å². The highest BCUT2D eigenvalue weighted by Crippen LogP contribution is 2.24. The van der Waals surface area contributed by atoms with Crippen molar-refractivity contribution in [1.82, 2.24) is 10.2 Å². The molecule has 0 atom stereocenters. The number of nitrogens with zero attached hydrogens (tertiary/aromatic N) is 4. The fourth-order valence-corrected chi connectivity index (χ4v) is 2.41. The third kappa shape index (κ3) is 2.45. The number of para-hydroxylation sites is 2. The first-order valence-electron chi connectivity index (χ1n) is 6.47. The van der Waals surface area contributed by atoms with E-state index in [1.807, 2.05) is 30.3 Å². The highest BCUT2D eigenvalue weighted by molar-refractivity contribution is 5.67. The molecule has 98 valence electrons. The predicted octanol–water partition coefficient (Wildman–Crippen LogP) is 1.39. The van der Waals surface area contributed by atoms with Gasteiger partial charge in [-0.15, -0.1) is 5.10 Å². The molecule has 1 aromatic heterocycles. The number of anilines is 3. The van der Waals surface area contributed by atoms with Crippen LogP contribution in [0.15, 0.2) is 42.6 Å². The number of rotatable bonds is 2. The van der Waals surface area contributed by atoms with Crippen molar-refractivity contribution >= 4 is 17.2 Å². The quantitative estimate of drug-likeness (QED) is 0.822. The molecular formula is C14H17N5. The van der Waals surface area contributed by atoms with Gasteiger partial charge in [0, 0.05) is 32.4 Å². The molecule has 0 aliphatic carbocycles. The average Bonchev–Trinajstić information content (AvgIpc) is 2.49. The fraction of sp³-hybridized carbons (Fsp3) is 0.286. The summed E-state index contributed by atoms with van der Waals surface area (Å²) >= 11 is 0. The Hall–Kier alpha value is -2.30. The SMILES string of the molecule is Nc1ccccc1N1CCN(c2cccnn2)CC1. The molecule has 1 fully saturated rings. The van der Waals surface area contributed by atoms with Crippen LogP contribution in [0, 0.1) is 0 Å². The summed E-state index contributed by atoms with van der Waals surface area (Å²) in [6.07, 6.45) is 1.70. The van der Waals surface area contributed by atoms with E-state index in [1.54, 1.807) is 6.20 Å². The van der Waals surface area contributed by atoms with E-state index < -0.39 is 0 Å². The number of nitrogens with two attached hydrogens (primary N) is 1. The number of hydrogen-bond acceptors (Lipinski definition) is 5. The smallest absolute Gasteiger partial charge is 0.151 e. The van der Waals surface area contributed by atoms with E-state index in [1.165, 1.54) is 0 Å². The number of nitrogen functional groups attached to an aromatic ring is 1. The number of aromatic nitrogens is 2. The van der Waals surface area contributed by atoms with Crippen molar-refractivity contribution in [1.29, 1.82) is 0 Å². The van der Waals surface area contributed by atoms with Crippen molar-refractivity contribution < 1.29 is 0 Å². The van der Waals surface area contributed by atoms with E-state index in [2.05, 4.69) is 26.1 Å². The Kier molecular flexibility index (Phi) is 3.18. The Balaban J connectivity index is 1.69. The van der Waals surface area contributed by atoms with Gasteiger partial charge in [-0.25, -0.2) is 0 Å². The van der Waals surface area contributed by atoms with Crippen LogP contribution in [-0.4, -0.2) is 36.4 Å². The summed E-state index contributed by atoms with van der Waals surface area (Å²) in [6, 6.07) is 11.9. The molecule has 1 aliphatic heterocycles. The maximum atomic E-state index is 6.02. The van der Waals surface area contributed by atoms with Gasteiger partial charge in [0.05, 0.1) is 11.4 Å². The maximum Gasteiger partial charge on any atom is 0.151 e. The molecule has 1 aromatic carbocycles. The molecule has 0 saturated carbocycles. The van der Waals surface area contributed by atoms with Crippen molar-refractivity contribution in [2.24, 2.45) is 0 Å². The second-order valence-electron chi connectivity index (χ2n) is 4.61. The Morgan fingerprint density at radius 3 is 2.32 bits per heavy atom. The third-order valence-corrected chi connectivity index (χ3v) is 3.44. The molecule has 0 amide bonds. The van der Waals surface area contributed by atoms with Gasteiger partial charge in [-0.2, -0.15) is 5.10 Å². The Morgan fingerprint density at radius 2 is 1.63 bits per heavy atom. The summed E-state index contributed by atoms with van der Waals surface area (Å²) in [5.41, 5.74) is 7.99. The highest BCUT2D eigenvalue weighted by Gasteiger charge is 2.19. The first-order valence-corrected chi connectivity index (χ1v) is 6.47. The molecule has 2 N–H and O–H groups in total. The molecule has 2 heterocycles. The van der Waals surface area contributed by atoms with Gasteiger partial charge in [-0.05, 0) is 24.3 Å². The van der Waals surface area contributed by atoms with Gasteiger partial charge in [-0.1, -0.05) is 12.1 Å². The molecule has 5 nitrogen and oxygen atoms in total. The Labute approximate surface area is 112 Å². The molecule has 0 spiro atoms. The van der Waals surface area contributed by atoms with E-state index in [0.29, 0.717) is 0 Å². The van der Waals surface area contributed by atoms with Crippen molar-refractivity contribution in [3.05, 3.63) is 42.6 Å². The van der Waals surface area contributed by atoms with Crippen molar-refractivity contribution in [2.45, 2.75) is 0 Å². The summed E-state index contributed by atoms with van der Waals surface area (Å²) in [7, 11) is 0. The summed E-state index contributed by atoms with van der Waals surface area (Å²) in [6.45, 7) is 3.77. The Bertz CT molecular complexity index is 535. The molecule has 1 aliphatic rings. The summed E-state index contributed by atoms with van der Waals surface area (Å²) < 4.78 is 0. The van der Waals surface area contributed by atoms with Gasteiger partial charge < -0.3 is 15.5 Å². The van der Waals surface area contributed by atoms with Crippen LogP contribution in [0.5, 0.6) is 0 Å². The topological polar surface area (TPSA) is 58.3 Å². The second-order valence-corrected chi connectivity index (χ2v) is 4.61. The fourth-order valence-electron chi connectivity index (χ4n) is 2.41. The average molecular weight is 255 g/mol. The van der Waals surface area contributed by atoms with E-state index in [9.17, 15) is 0 Å². The first-order chi connectivity index (χ1) is 9.34. The summed E-state index contributed by atoms with van der Waals surface area (Å²) in [5, 5.41) is 8.08. The van der Waals surface area contributed by atoms with Crippen LogP contribution in [-0.2, 0) is 0 Å². The number of hydrogen-bond donors (Lipinski definition) is 1. The Morgan fingerprint density at radius 1 is 0.895 bits per heavy atom. The molecular weight excluding hydrogens is 238 g/mol. The zero-order valence-electron chi connectivity index (χ0n) is 10.7. The van der Waals surface area contributed by atoms with Crippen molar-refractivity contribution in [2.75, 3.05) is 41.7 Å². The first kappa shape index (κ1) is 11.8. The molecule has 0 radical (unpaired) electrons. The van der Waals surface area contributed by atoms with Crippen LogP contribution in [0.25, 0.3) is 0 Å². The van der Waals surface area contributed by atoms with Crippen molar-refractivity contribution in [3.8, 4) is 0 Å².